The highest BCUT2D eigenvalue weighted by Gasteiger charge is 2.19. The lowest BCUT2D eigenvalue weighted by atomic mass is 10.1. The minimum Gasteiger partial charge on any atom is -0.271 e. The Hall–Kier alpha value is -2.77. The van der Waals surface area contributed by atoms with E-state index >= 15 is 0 Å². The number of nitrogens with zero attached hydrogens (tertiary/aromatic N) is 3. The fourth-order valence-electron chi connectivity index (χ4n) is 1.41. The molecule has 86 valence electrons. The summed E-state index contributed by atoms with van der Waals surface area (Å²) in [6, 6.07) is 5.55. The standard InChI is InChI=1S/C9H6N4O4/c14-12(15)7-3-1-2-6(4-7)9-8(13(16)17)5-10-11-9/h1-5H,(H,10,11). The summed E-state index contributed by atoms with van der Waals surface area (Å²) in [7, 11) is 0. The molecule has 0 bridgehead atoms. The number of rotatable bonds is 3. The Labute approximate surface area is 94.2 Å². The third kappa shape index (κ3) is 1.95. The molecule has 0 unspecified atom stereocenters. The van der Waals surface area contributed by atoms with E-state index in [1.165, 1.54) is 24.3 Å². The van der Waals surface area contributed by atoms with E-state index in [9.17, 15) is 20.2 Å². The van der Waals surface area contributed by atoms with Crippen molar-refractivity contribution in [3.63, 3.8) is 0 Å². The Morgan fingerprint density at radius 2 is 1.94 bits per heavy atom. The molecule has 2 aromatic rings. The number of non-ortho nitro benzene ring substituents is 1. The van der Waals surface area contributed by atoms with Gasteiger partial charge in [0.1, 0.15) is 11.9 Å². The maximum absolute atomic E-state index is 10.7. The van der Waals surface area contributed by atoms with Crippen molar-refractivity contribution in [3.05, 3.63) is 50.7 Å². The average molecular weight is 234 g/mol. The molecule has 8 heteroatoms. The van der Waals surface area contributed by atoms with Gasteiger partial charge in [0.25, 0.3) is 5.69 Å². The first-order chi connectivity index (χ1) is 8.09. The zero-order chi connectivity index (χ0) is 12.4. The topological polar surface area (TPSA) is 115 Å². The van der Waals surface area contributed by atoms with Crippen LogP contribution in [-0.2, 0) is 0 Å². The molecule has 0 spiro atoms. The van der Waals surface area contributed by atoms with Crippen LogP contribution >= 0.6 is 0 Å². The number of aromatic amines is 1. The first-order valence-electron chi connectivity index (χ1n) is 4.52. The molecule has 1 heterocycles. The van der Waals surface area contributed by atoms with Crippen molar-refractivity contribution in [2.75, 3.05) is 0 Å². The molecule has 0 aliphatic rings. The van der Waals surface area contributed by atoms with E-state index in [0.29, 0.717) is 5.56 Å². The third-order valence-electron chi connectivity index (χ3n) is 2.16. The lowest BCUT2D eigenvalue weighted by Crippen LogP contribution is -1.91. The molecule has 0 fully saturated rings. The zero-order valence-electron chi connectivity index (χ0n) is 8.36. The van der Waals surface area contributed by atoms with Crippen molar-refractivity contribution in [2.24, 2.45) is 0 Å². The maximum Gasteiger partial charge on any atom is 0.314 e. The van der Waals surface area contributed by atoms with Crippen LogP contribution in [0.15, 0.2) is 30.5 Å². The fraction of sp³-hybridized carbons (Fsp3) is 0. The second-order valence-electron chi connectivity index (χ2n) is 3.19. The molecule has 0 saturated heterocycles. The second kappa shape index (κ2) is 4.00. The van der Waals surface area contributed by atoms with Crippen molar-refractivity contribution in [1.82, 2.24) is 10.2 Å². The quantitative estimate of drug-likeness (QED) is 0.643. The van der Waals surface area contributed by atoms with E-state index in [0.717, 1.165) is 6.20 Å². The van der Waals surface area contributed by atoms with Crippen LogP contribution in [0.3, 0.4) is 0 Å². The lowest BCUT2D eigenvalue weighted by Gasteiger charge is -1.97. The number of H-pyrrole nitrogens is 1. The highest BCUT2D eigenvalue weighted by Crippen LogP contribution is 2.29. The molecule has 8 nitrogen and oxygen atoms in total. The maximum atomic E-state index is 10.7. The molecule has 1 aromatic heterocycles. The number of aromatic nitrogens is 2. The smallest absolute Gasteiger partial charge is 0.271 e. The van der Waals surface area contributed by atoms with Gasteiger partial charge in [-0.15, -0.1) is 0 Å². The summed E-state index contributed by atoms with van der Waals surface area (Å²) >= 11 is 0. The minimum absolute atomic E-state index is 0.133. The first-order valence-corrected chi connectivity index (χ1v) is 4.52. The number of nitro groups is 2. The number of nitro benzene ring substituents is 1. The molecule has 0 amide bonds. The van der Waals surface area contributed by atoms with E-state index < -0.39 is 9.85 Å². The van der Waals surface area contributed by atoms with Crippen molar-refractivity contribution < 1.29 is 9.85 Å². The Balaban J connectivity index is 2.53. The SMILES string of the molecule is O=[N+]([O-])c1cccc(-c2[nH]ncc2[N+](=O)[O-])c1. The van der Waals surface area contributed by atoms with Gasteiger partial charge in [-0.3, -0.25) is 25.3 Å². The normalized spacial score (nSPS) is 10.1. The monoisotopic (exact) mass is 234 g/mol. The molecule has 2 rings (SSSR count). The van der Waals surface area contributed by atoms with Gasteiger partial charge in [-0.1, -0.05) is 12.1 Å². The Kier molecular flexibility index (Phi) is 2.53. The number of nitrogens with one attached hydrogen (secondary N) is 1. The van der Waals surface area contributed by atoms with Crippen LogP contribution in [0.2, 0.25) is 0 Å². The van der Waals surface area contributed by atoms with Crippen LogP contribution in [-0.4, -0.2) is 20.0 Å². The van der Waals surface area contributed by atoms with Gasteiger partial charge in [0.15, 0.2) is 0 Å². The Morgan fingerprint density at radius 3 is 2.59 bits per heavy atom. The average Bonchev–Trinajstić information content (AvgIpc) is 2.78. The van der Waals surface area contributed by atoms with Crippen molar-refractivity contribution in [3.8, 4) is 11.3 Å². The lowest BCUT2D eigenvalue weighted by molar-refractivity contribution is -0.385. The summed E-state index contributed by atoms with van der Waals surface area (Å²) in [5, 5.41) is 27.3. The fourth-order valence-corrected chi connectivity index (χ4v) is 1.41. The van der Waals surface area contributed by atoms with Crippen molar-refractivity contribution >= 4 is 11.4 Å². The highest BCUT2D eigenvalue weighted by atomic mass is 16.6. The van der Waals surface area contributed by atoms with Gasteiger partial charge in [0.2, 0.25) is 0 Å². The van der Waals surface area contributed by atoms with Crippen LogP contribution in [0.5, 0.6) is 0 Å². The molecule has 0 aliphatic carbocycles. The van der Waals surface area contributed by atoms with E-state index in [1.54, 1.807) is 0 Å². The van der Waals surface area contributed by atoms with E-state index in [4.69, 9.17) is 0 Å². The van der Waals surface area contributed by atoms with Crippen molar-refractivity contribution in [1.29, 1.82) is 0 Å². The van der Waals surface area contributed by atoms with Gasteiger partial charge >= 0.3 is 5.69 Å². The van der Waals surface area contributed by atoms with Gasteiger partial charge in [-0.25, -0.2) is 0 Å². The molecular weight excluding hydrogens is 228 g/mol. The molecule has 0 atom stereocenters. The summed E-state index contributed by atoms with van der Waals surface area (Å²) in [5.41, 5.74) is 0.152. The van der Waals surface area contributed by atoms with Crippen LogP contribution in [0.4, 0.5) is 11.4 Å². The predicted molar refractivity (Wildman–Crippen MR) is 57.3 cm³/mol. The number of hydrogen-bond donors (Lipinski definition) is 1. The van der Waals surface area contributed by atoms with Crippen LogP contribution in [0.1, 0.15) is 0 Å². The molecular formula is C9H6N4O4. The first kappa shape index (κ1) is 10.7. The molecule has 1 aromatic carbocycles. The van der Waals surface area contributed by atoms with Crippen molar-refractivity contribution in [2.45, 2.75) is 0 Å². The summed E-state index contributed by atoms with van der Waals surface area (Å²) in [4.78, 5) is 20.1. The summed E-state index contributed by atoms with van der Waals surface area (Å²) in [6.45, 7) is 0. The number of benzene rings is 1. The third-order valence-corrected chi connectivity index (χ3v) is 2.16. The van der Waals surface area contributed by atoms with E-state index in [2.05, 4.69) is 10.2 Å². The Bertz CT molecular complexity index is 592. The second-order valence-corrected chi connectivity index (χ2v) is 3.19. The zero-order valence-corrected chi connectivity index (χ0v) is 8.36. The number of hydrogen-bond acceptors (Lipinski definition) is 5. The molecule has 0 aliphatic heterocycles. The van der Waals surface area contributed by atoms with E-state index in [-0.39, 0.29) is 17.1 Å². The molecule has 1 N–H and O–H groups in total. The van der Waals surface area contributed by atoms with Crippen LogP contribution in [0.25, 0.3) is 11.3 Å². The van der Waals surface area contributed by atoms with Gasteiger partial charge in [-0.2, -0.15) is 5.10 Å². The summed E-state index contributed by atoms with van der Waals surface area (Å²) in [6.07, 6.45) is 1.06. The van der Waals surface area contributed by atoms with Gasteiger partial charge < -0.3 is 0 Å². The van der Waals surface area contributed by atoms with Gasteiger partial charge in [0, 0.05) is 17.7 Å². The predicted octanol–water partition coefficient (Wildman–Crippen LogP) is 1.89. The van der Waals surface area contributed by atoms with Crippen LogP contribution < -0.4 is 0 Å². The summed E-state index contributed by atoms with van der Waals surface area (Å²) < 4.78 is 0. The Morgan fingerprint density at radius 1 is 1.18 bits per heavy atom. The van der Waals surface area contributed by atoms with Gasteiger partial charge in [-0.05, 0) is 0 Å². The largest absolute Gasteiger partial charge is 0.314 e. The highest BCUT2D eigenvalue weighted by molar-refractivity contribution is 5.70. The summed E-state index contributed by atoms with van der Waals surface area (Å²) in [5.74, 6) is 0. The molecule has 17 heavy (non-hydrogen) atoms. The van der Waals surface area contributed by atoms with Crippen LogP contribution in [0, 0.1) is 20.2 Å². The molecule has 0 radical (unpaired) electrons. The minimum atomic E-state index is -0.600. The van der Waals surface area contributed by atoms with Gasteiger partial charge in [0.05, 0.1) is 9.85 Å². The molecule has 0 saturated carbocycles. The van der Waals surface area contributed by atoms with E-state index in [1.807, 2.05) is 0 Å².